The second kappa shape index (κ2) is 5.33. The average Bonchev–Trinajstić information content (AvgIpc) is 2.40. The number of nitrogens with two attached hydrogens (primary N) is 1. The molecule has 0 aromatic carbocycles. The summed E-state index contributed by atoms with van der Waals surface area (Å²) >= 11 is 0. The van der Waals surface area contributed by atoms with E-state index in [2.05, 4.69) is 15.0 Å². The van der Waals surface area contributed by atoms with Crippen LogP contribution in [0.25, 0.3) is 11.4 Å². The first-order valence-corrected chi connectivity index (χ1v) is 5.38. The molecule has 18 heavy (non-hydrogen) atoms. The molecule has 0 fully saturated rings. The highest BCUT2D eigenvalue weighted by molar-refractivity contribution is 5.73. The van der Waals surface area contributed by atoms with Crippen molar-refractivity contribution in [3.8, 4) is 11.4 Å². The Morgan fingerprint density at radius 1 is 1.22 bits per heavy atom. The standard InChI is InChI=1S/C12H12N4O2/c13-8(12(17)18)7-11-15-6-4-10(16-11)9-3-1-2-5-14-9/h1-6,8H,7,13H2,(H,17,18). The fourth-order valence-electron chi connectivity index (χ4n) is 1.44. The molecule has 92 valence electrons. The summed E-state index contributed by atoms with van der Waals surface area (Å²) in [4.78, 5) is 23.1. The Kier molecular flexibility index (Phi) is 3.59. The van der Waals surface area contributed by atoms with E-state index in [1.54, 1.807) is 18.5 Å². The van der Waals surface area contributed by atoms with E-state index >= 15 is 0 Å². The molecule has 0 amide bonds. The monoisotopic (exact) mass is 244 g/mol. The number of aliphatic carboxylic acids is 1. The SMILES string of the molecule is NC(Cc1nccc(-c2ccccn2)n1)C(=O)O. The molecule has 1 atom stereocenters. The first-order chi connectivity index (χ1) is 8.66. The van der Waals surface area contributed by atoms with E-state index in [0.29, 0.717) is 17.2 Å². The highest BCUT2D eigenvalue weighted by Crippen LogP contribution is 2.12. The minimum Gasteiger partial charge on any atom is -0.480 e. The summed E-state index contributed by atoms with van der Waals surface area (Å²) in [5, 5.41) is 8.74. The lowest BCUT2D eigenvalue weighted by atomic mass is 10.2. The molecule has 6 heteroatoms. The van der Waals surface area contributed by atoms with Gasteiger partial charge in [0.15, 0.2) is 0 Å². The maximum Gasteiger partial charge on any atom is 0.320 e. The molecule has 2 heterocycles. The summed E-state index contributed by atoms with van der Waals surface area (Å²) in [7, 11) is 0. The molecule has 0 saturated heterocycles. The number of rotatable bonds is 4. The number of carboxylic acids is 1. The van der Waals surface area contributed by atoms with Gasteiger partial charge in [-0.2, -0.15) is 0 Å². The van der Waals surface area contributed by atoms with E-state index in [9.17, 15) is 4.79 Å². The van der Waals surface area contributed by atoms with Crippen molar-refractivity contribution in [2.45, 2.75) is 12.5 Å². The third kappa shape index (κ3) is 2.86. The van der Waals surface area contributed by atoms with Crippen molar-refractivity contribution >= 4 is 5.97 Å². The normalized spacial score (nSPS) is 12.1. The van der Waals surface area contributed by atoms with Gasteiger partial charge in [0.05, 0.1) is 11.4 Å². The second-order valence-corrected chi connectivity index (χ2v) is 3.72. The molecular weight excluding hydrogens is 232 g/mol. The molecule has 6 nitrogen and oxygen atoms in total. The van der Waals surface area contributed by atoms with E-state index in [1.165, 1.54) is 0 Å². The van der Waals surface area contributed by atoms with E-state index in [1.807, 2.05) is 18.2 Å². The van der Waals surface area contributed by atoms with Crippen molar-refractivity contribution in [3.05, 3.63) is 42.5 Å². The molecular formula is C12H12N4O2. The molecule has 1 unspecified atom stereocenters. The lowest BCUT2D eigenvalue weighted by molar-refractivity contribution is -0.138. The summed E-state index contributed by atoms with van der Waals surface area (Å²) in [5.74, 6) is -0.671. The van der Waals surface area contributed by atoms with Crippen molar-refractivity contribution in [2.75, 3.05) is 0 Å². The molecule has 0 aliphatic carbocycles. The Bertz CT molecular complexity index is 545. The van der Waals surface area contributed by atoms with E-state index < -0.39 is 12.0 Å². The summed E-state index contributed by atoms with van der Waals surface area (Å²) in [6, 6.07) is 6.21. The number of pyridine rings is 1. The van der Waals surface area contributed by atoms with Crippen LogP contribution in [0.15, 0.2) is 36.7 Å². The molecule has 2 aromatic heterocycles. The van der Waals surface area contributed by atoms with Gasteiger partial charge in [-0.1, -0.05) is 6.07 Å². The van der Waals surface area contributed by atoms with Crippen LogP contribution in [0.1, 0.15) is 5.82 Å². The van der Waals surface area contributed by atoms with Crippen LogP contribution < -0.4 is 5.73 Å². The number of carbonyl (C=O) groups is 1. The molecule has 0 spiro atoms. The van der Waals surface area contributed by atoms with Crippen molar-refractivity contribution in [2.24, 2.45) is 5.73 Å². The lowest BCUT2D eigenvalue weighted by Crippen LogP contribution is -2.32. The highest BCUT2D eigenvalue weighted by atomic mass is 16.4. The molecule has 3 N–H and O–H groups in total. The van der Waals surface area contributed by atoms with Crippen LogP contribution in [0, 0.1) is 0 Å². The fraction of sp³-hybridized carbons (Fsp3) is 0.167. The zero-order valence-electron chi connectivity index (χ0n) is 9.52. The fourth-order valence-corrected chi connectivity index (χ4v) is 1.44. The average molecular weight is 244 g/mol. The molecule has 0 radical (unpaired) electrons. The number of aromatic nitrogens is 3. The van der Waals surface area contributed by atoms with E-state index in [4.69, 9.17) is 10.8 Å². The van der Waals surface area contributed by atoms with Crippen LogP contribution >= 0.6 is 0 Å². The zero-order valence-corrected chi connectivity index (χ0v) is 9.52. The molecule has 2 aromatic rings. The van der Waals surface area contributed by atoms with Gasteiger partial charge in [-0.25, -0.2) is 9.97 Å². The van der Waals surface area contributed by atoms with Gasteiger partial charge in [-0.15, -0.1) is 0 Å². The topological polar surface area (TPSA) is 102 Å². The van der Waals surface area contributed by atoms with Gasteiger partial charge < -0.3 is 10.8 Å². The predicted octanol–water partition coefficient (Wildman–Crippen LogP) is 0.493. The molecule has 0 aliphatic heterocycles. The Hall–Kier alpha value is -2.34. The number of hydrogen-bond donors (Lipinski definition) is 2. The minimum atomic E-state index is -1.07. The van der Waals surface area contributed by atoms with Crippen LogP contribution in [-0.2, 0) is 11.2 Å². The molecule has 0 aliphatic rings. The Labute approximate surface area is 104 Å². The molecule has 2 rings (SSSR count). The van der Waals surface area contributed by atoms with Gasteiger partial charge in [0.2, 0.25) is 0 Å². The molecule has 0 bridgehead atoms. The maximum absolute atomic E-state index is 10.7. The van der Waals surface area contributed by atoms with E-state index in [-0.39, 0.29) is 6.42 Å². The maximum atomic E-state index is 10.7. The zero-order chi connectivity index (χ0) is 13.0. The third-order valence-corrected chi connectivity index (χ3v) is 2.35. The Morgan fingerprint density at radius 2 is 2.06 bits per heavy atom. The summed E-state index contributed by atoms with van der Waals surface area (Å²) in [6.45, 7) is 0. The van der Waals surface area contributed by atoms with Crippen LogP contribution in [-0.4, -0.2) is 32.1 Å². The first-order valence-electron chi connectivity index (χ1n) is 5.38. The first kappa shape index (κ1) is 12.1. The number of nitrogens with zero attached hydrogens (tertiary/aromatic N) is 3. The summed E-state index contributed by atoms with van der Waals surface area (Å²) < 4.78 is 0. The smallest absolute Gasteiger partial charge is 0.320 e. The second-order valence-electron chi connectivity index (χ2n) is 3.72. The lowest BCUT2D eigenvalue weighted by Gasteiger charge is -2.06. The van der Waals surface area contributed by atoms with Gasteiger partial charge in [0.1, 0.15) is 11.9 Å². The largest absolute Gasteiger partial charge is 0.480 e. The van der Waals surface area contributed by atoms with Crippen molar-refractivity contribution < 1.29 is 9.90 Å². The quantitative estimate of drug-likeness (QED) is 0.811. The Balaban J connectivity index is 2.23. The van der Waals surface area contributed by atoms with Gasteiger partial charge in [0.25, 0.3) is 0 Å². The van der Waals surface area contributed by atoms with Crippen molar-refractivity contribution in [1.29, 1.82) is 0 Å². The predicted molar refractivity (Wildman–Crippen MR) is 64.6 cm³/mol. The van der Waals surface area contributed by atoms with Crippen molar-refractivity contribution in [3.63, 3.8) is 0 Å². The van der Waals surface area contributed by atoms with E-state index in [0.717, 1.165) is 0 Å². The minimum absolute atomic E-state index is 0.0933. The van der Waals surface area contributed by atoms with Gasteiger partial charge in [-0.3, -0.25) is 9.78 Å². The van der Waals surface area contributed by atoms with Gasteiger partial charge in [-0.05, 0) is 18.2 Å². The van der Waals surface area contributed by atoms with Crippen LogP contribution in [0.4, 0.5) is 0 Å². The third-order valence-electron chi connectivity index (χ3n) is 2.35. The van der Waals surface area contributed by atoms with Crippen LogP contribution in [0.2, 0.25) is 0 Å². The van der Waals surface area contributed by atoms with Crippen LogP contribution in [0.3, 0.4) is 0 Å². The highest BCUT2D eigenvalue weighted by Gasteiger charge is 2.14. The Morgan fingerprint density at radius 3 is 2.72 bits per heavy atom. The van der Waals surface area contributed by atoms with Gasteiger partial charge >= 0.3 is 5.97 Å². The van der Waals surface area contributed by atoms with Crippen molar-refractivity contribution in [1.82, 2.24) is 15.0 Å². The number of carboxylic acid groups (broad SMARTS) is 1. The number of hydrogen-bond acceptors (Lipinski definition) is 5. The van der Waals surface area contributed by atoms with Gasteiger partial charge in [0, 0.05) is 18.8 Å². The summed E-state index contributed by atoms with van der Waals surface area (Å²) in [6.07, 6.45) is 3.33. The van der Waals surface area contributed by atoms with Crippen LogP contribution in [0.5, 0.6) is 0 Å². The molecule has 0 saturated carbocycles. The summed E-state index contributed by atoms with van der Waals surface area (Å²) in [5.41, 5.74) is 6.81.